The van der Waals surface area contributed by atoms with Crippen LogP contribution in [0.3, 0.4) is 0 Å². The summed E-state index contributed by atoms with van der Waals surface area (Å²) in [6.45, 7) is 4.05. The van der Waals surface area contributed by atoms with E-state index in [2.05, 4.69) is 4.98 Å². The predicted octanol–water partition coefficient (Wildman–Crippen LogP) is 4.02. The number of ketones is 1. The summed E-state index contributed by atoms with van der Waals surface area (Å²) in [4.78, 5) is 15.7. The molecule has 0 aliphatic rings. The van der Waals surface area contributed by atoms with Gasteiger partial charge in [-0.05, 0) is 25.5 Å². The Balaban J connectivity index is 2.14. The Hall–Kier alpha value is -2.35. The summed E-state index contributed by atoms with van der Waals surface area (Å²) in [6.07, 6.45) is 1.81. The smallest absolute Gasteiger partial charge is 0.195 e. The number of aryl methyl sites for hydroxylation is 2. The van der Waals surface area contributed by atoms with Crippen molar-refractivity contribution in [2.75, 3.05) is 0 Å². The highest BCUT2D eigenvalue weighted by molar-refractivity contribution is 6.16. The SMILES string of the molecule is Cc1ccc(C(=O)c2c[nH]c3cccc(C)c23)cc1. The van der Waals surface area contributed by atoms with Gasteiger partial charge in [0.1, 0.15) is 0 Å². The highest BCUT2D eigenvalue weighted by Gasteiger charge is 2.15. The minimum atomic E-state index is 0.0700. The van der Waals surface area contributed by atoms with E-state index in [-0.39, 0.29) is 5.78 Å². The number of aromatic amines is 1. The number of hydrogen-bond donors (Lipinski definition) is 1. The van der Waals surface area contributed by atoms with E-state index in [1.54, 1.807) is 6.20 Å². The Bertz CT molecular complexity index is 751. The van der Waals surface area contributed by atoms with Gasteiger partial charge in [0.15, 0.2) is 5.78 Å². The summed E-state index contributed by atoms with van der Waals surface area (Å²) < 4.78 is 0. The van der Waals surface area contributed by atoms with Crippen molar-refractivity contribution in [3.63, 3.8) is 0 Å². The summed E-state index contributed by atoms with van der Waals surface area (Å²) >= 11 is 0. The molecule has 0 unspecified atom stereocenters. The maximum absolute atomic E-state index is 12.6. The summed E-state index contributed by atoms with van der Waals surface area (Å²) in [6, 6.07) is 13.7. The van der Waals surface area contributed by atoms with Gasteiger partial charge in [-0.2, -0.15) is 0 Å². The van der Waals surface area contributed by atoms with Gasteiger partial charge in [-0.3, -0.25) is 4.79 Å². The fourth-order valence-electron chi connectivity index (χ4n) is 2.41. The van der Waals surface area contributed by atoms with Gasteiger partial charge in [0.05, 0.1) is 0 Å². The highest BCUT2D eigenvalue weighted by atomic mass is 16.1. The van der Waals surface area contributed by atoms with E-state index in [1.165, 1.54) is 0 Å². The number of hydrogen-bond acceptors (Lipinski definition) is 1. The number of carbonyl (C=O) groups is 1. The molecule has 0 aliphatic carbocycles. The van der Waals surface area contributed by atoms with Crippen LogP contribution in [-0.2, 0) is 0 Å². The molecule has 2 nitrogen and oxygen atoms in total. The van der Waals surface area contributed by atoms with Crippen LogP contribution >= 0.6 is 0 Å². The molecule has 0 spiro atoms. The van der Waals surface area contributed by atoms with Crippen molar-refractivity contribution in [1.82, 2.24) is 4.98 Å². The fourth-order valence-corrected chi connectivity index (χ4v) is 2.41. The molecule has 19 heavy (non-hydrogen) atoms. The third kappa shape index (κ3) is 1.95. The van der Waals surface area contributed by atoms with Crippen molar-refractivity contribution in [3.05, 3.63) is 70.9 Å². The van der Waals surface area contributed by atoms with Crippen LogP contribution in [0.25, 0.3) is 10.9 Å². The number of H-pyrrole nitrogens is 1. The first-order chi connectivity index (χ1) is 9.16. The highest BCUT2D eigenvalue weighted by Crippen LogP contribution is 2.24. The largest absolute Gasteiger partial charge is 0.360 e. The standard InChI is InChI=1S/C17H15NO/c1-11-6-8-13(9-7-11)17(19)14-10-18-15-5-3-4-12(2)16(14)15/h3-10,18H,1-2H3. The van der Waals surface area contributed by atoms with E-state index < -0.39 is 0 Å². The Morgan fingerprint density at radius 2 is 1.74 bits per heavy atom. The quantitative estimate of drug-likeness (QED) is 0.684. The molecule has 0 bridgehead atoms. The van der Waals surface area contributed by atoms with Gasteiger partial charge in [-0.25, -0.2) is 0 Å². The zero-order valence-electron chi connectivity index (χ0n) is 11.0. The van der Waals surface area contributed by atoms with Crippen LogP contribution in [0.5, 0.6) is 0 Å². The molecule has 0 amide bonds. The number of fused-ring (bicyclic) bond motifs is 1. The molecule has 0 fully saturated rings. The fraction of sp³-hybridized carbons (Fsp3) is 0.118. The molecule has 0 saturated carbocycles. The summed E-state index contributed by atoms with van der Waals surface area (Å²) in [5.74, 6) is 0.0700. The molecular weight excluding hydrogens is 234 g/mol. The van der Waals surface area contributed by atoms with Gasteiger partial charge in [0, 0.05) is 28.2 Å². The third-order valence-electron chi connectivity index (χ3n) is 3.47. The molecule has 2 heteroatoms. The lowest BCUT2D eigenvalue weighted by atomic mass is 9.99. The van der Waals surface area contributed by atoms with Gasteiger partial charge in [-0.1, -0.05) is 42.0 Å². The number of carbonyl (C=O) groups excluding carboxylic acids is 1. The van der Waals surface area contributed by atoms with Crippen LogP contribution in [0.4, 0.5) is 0 Å². The van der Waals surface area contributed by atoms with Crippen molar-refractivity contribution in [3.8, 4) is 0 Å². The number of nitrogens with one attached hydrogen (secondary N) is 1. The van der Waals surface area contributed by atoms with Crippen LogP contribution < -0.4 is 0 Å². The van der Waals surface area contributed by atoms with Gasteiger partial charge >= 0.3 is 0 Å². The molecule has 3 aromatic rings. The van der Waals surface area contributed by atoms with Crippen molar-refractivity contribution in [2.45, 2.75) is 13.8 Å². The molecule has 0 aliphatic heterocycles. The zero-order valence-corrected chi connectivity index (χ0v) is 11.0. The zero-order chi connectivity index (χ0) is 13.4. The molecule has 0 radical (unpaired) electrons. The van der Waals surface area contributed by atoms with E-state index in [1.807, 2.05) is 56.3 Å². The first kappa shape index (κ1) is 11.7. The summed E-state index contributed by atoms with van der Waals surface area (Å²) in [5, 5.41) is 1.02. The minimum absolute atomic E-state index is 0.0700. The normalized spacial score (nSPS) is 10.8. The van der Waals surface area contributed by atoms with E-state index in [9.17, 15) is 4.79 Å². The molecule has 1 aromatic heterocycles. The monoisotopic (exact) mass is 249 g/mol. The van der Waals surface area contributed by atoms with Crippen molar-refractivity contribution < 1.29 is 4.79 Å². The lowest BCUT2D eigenvalue weighted by Crippen LogP contribution is -2.00. The summed E-state index contributed by atoms with van der Waals surface area (Å²) in [5.41, 5.74) is 4.77. The number of aromatic nitrogens is 1. The molecule has 1 heterocycles. The maximum Gasteiger partial charge on any atom is 0.195 e. The van der Waals surface area contributed by atoms with Crippen molar-refractivity contribution in [1.29, 1.82) is 0 Å². The van der Waals surface area contributed by atoms with E-state index in [0.29, 0.717) is 0 Å². The van der Waals surface area contributed by atoms with Crippen LogP contribution in [0, 0.1) is 13.8 Å². The average Bonchev–Trinajstić information content (AvgIpc) is 2.84. The van der Waals surface area contributed by atoms with Gasteiger partial charge in [0.25, 0.3) is 0 Å². The van der Waals surface area contributed by atoms with E-state index in [0.717, 1.165) is 33.2 Å². The van der Waals surface area contributed by atoms with Gasteiger partial charge in [0.2, 0.25) is 0 Å². The Morgan fingerprint density at radius 3 is 2.47 bits per heavy atom. The minimum Gasteiger partial charge on any atom is -0.360 e. The van der Waals surface area contributed by atoms with Crippen molar-refractivity contribution in [2.24, 2.45) is 0 Å². The molecule has 94 valence electrons. The lowest BCUT2D eigenvalue weighted by molar-refractivity contribution is 0.104. The Labute approximate surface area is 112 Å². The van der Waals surface area contributed by atoms with E-state index in [4.69, 9.17) is 0 Å². The number of rotatable bonds is 2. The molecule has 3 rings (SSSR count). The maximum atomic E-state index is 12.6. The Morgan fingerprint density at radius 1 is 1.00 bits per heavy atom. The molecule has 1 N–H and O–H groups in total. The van der Waals surface area contributed by atoms with Crippen LogP contribution in [-0.4, -0.2) is 10.8 Å². The predicted molar refractivity (Wildman–Crippen MR) is 77.6 cm³/mol. The molecular formula is C17H15NO. The van der Waals surface area contributed by atoms with Crippen LogP contribution in [0.15, 0.2) is 48.7 Å². The van der Waals surface area contributed by atoms with Gasteiger partial charge < -0.3 is 4.98 Å². The number of benzene rings is 2. The second-order valence-electron chi connectivity index (χ2n) is 4.89. The Kier molecular flexibility index (Phi) is 2.71. The van der Waals surface area contributed by atoms with Crippen LogP contribution in [0.2, 0.25) is 0 Å². The van der Waals surface area contributed by atoms with Gasteiger partial charge in [-0.15, -0.1) is 0 Å². The van der Waals surface area contributed by atoms with E-state index >= 15 is 0 Å². The van der Waals surface area contributed by atoms with Crippen molar-refractivity contribution >= 4 is 16.7 Å². The lowest BCUT2D eigenvalue weighted by Gasteiger charge is -2.02. The summed E-state index contributed by atoms with van der Waals surface area (Å²) in [7, 11) is 0. The second-order valence-corrected chi connectivity index (χ2v) is 4.89. The second kappa shape index (κ2) is 4.39. The topological polar surface area (TPSA) is 32.9 Å². The first-order valence-electron chi connectivity index (χ1n) is 6.35. The first-order valence-corrected chi connectivity index (χ1v) is 6.35. The molecule has 2 aromatic carbocycles. The average molecular weight is 249 g/mol. The third-order valence-corrected chi connectivity index (χ3v) is 3.47. The van der Waals surface area contributed by atoms with Crippen LogP contribution in [0.1, 0.15) is 27.0 Å². The molecule has 0 atom stereocenters. The molecule has 0 saturated heterocycles.